The maximum absolute atomic E-state index is 12.7. The van der Waals surface area contributed by atoms with Gasteiger partial charge in [-0.1, -0.05) is 35.5 Å². The highest BCUT2D eigenvalue weighted by Crippen LogP contribution is 2.32. The number of pyridine rings is 1. The Morgan fingerprint density at radius 1 is 1.00 bits per heavy atom. The molecule has 0 saturated carbocycles. The van der Waals surface area contributed by atoms with Crippen molar-refractivity contribution in [2.45, 2.75) is 12.5 Å². The van der Waals surface area contributed by atoms with Crippen LogP contribution in [0.4, 0.5) is 0 Å². The topological polar surface area (TPSA) is 81.4 Å². The highest BCUT2D eigenvalue weighted by atomic mass is 16.5. The molecule has 31 heavy (non-hydrogen) atoms. The number of ether oxygens (including phenoxy) is 1. The zero-order valence-electron chi connectivity index (χ0n) is 16.7. The third-order valence-electron chi connectivity index (χ3n) is 5.23. The lowest BCUT2D eigenvalue weighted by Gasteiger charge is -2.18. The minimum absolute atomic E-state index is 0.0267. The fourth-order valence-corrected chi connectivity index (χ4v) is 3.65. The first kappa shape index (κ1) is 19.0. The number of amides is 1. The zero-order chi connectivity index (χ0) is 21.0. The SMILES string of the molecule is O=C(c1ccccc1)N1CCC(Oc2ccccc2-c2nc(-c3ccncc3)no2)C1. The van der Waals surface area contributed by atoms with E-state index in [0.29, 0.717) is 36.1 Å². The molecular weight excluding hydrogens is 392 g/mol. The van der Waals surface area contributed by atoms with Crippen LogP contribution in [0.5, 0.6) is 5.75 Å². The van der Waals surface area contributed by atoms with Crippen LogP contribution in [-0.2, 0) is 0 Å². The zero-order valence-corrected chi connectivity index (χ0v) is 16.7. The quantitative estimate of drug-likeness (QED) is 0.491. The van der Waals surface area contributed by atoms with Crippen molar-refractivity contribution in [3.63, 3.8) is 0 Å². The van der Waals surface area contributed by atoms with E-state index in [1.807, 2.05) is 71.6 Å². The van der Waals surface area contributed by atoms with E-state index in [2.05, 4.69) is 15.1 Å². The fourth-order valence-electron chi connectivity index (χ4n) is 3.65. The average molecular weight is 412 g/mol. The fraction of sp³-hybridized carbons (Fsp3) is 0.167. The van der Waals surface area contributed by atoms with Gasteiger partial charge in [0, 0.05) is 36.5 Å². The third-order valence-corrected chi connectivity index (χ3v) is 5.23. The van der Waals surface area contributed by atoms with Gasteiger partial charge in [-0.3, -0.25) is 9.78 Å². The van der Waals surface area contributed by atoms with E-state index in [4.69, 9.17) is 9.26 Å². The van der Waals surface area contributed by atoms with Crippen molar-refractivity contribution in [1.29, 1.82) is 0 Å². The summed E-state index contributed by atoms with van der Waals surface area (Å²) >= 11 is 0. The molecule has 0 spiro atoms. The van der Waals surface area contributed by atoms with E-state index in [-0.39, 0.29) is 12.0 Å². The molecule has 1 amide bonds. The van der Waals surface area contributed by atoms with Crippen molar-refractivity contribution < 1.29 is 14.1 Å². The molecule has 1 atom stereocenters. The summed E-state index contributed by atoms with van der Waals surface area (Å²) in [5, 5.41) is 4.08. The van der Waals surface area contributed by atoms with Crippen LogP contribution < -0.4 is 4.74 Å². The number of carbonyl (C=O) groups excluding carboxylic acids is 1. The number of benzene rings is 2. The Kier molecular flexibility index (Phi) is 5.14. The van der Waals surface area contributed by atoms with Gasteiger partial charge in [-0.2, -0.15) is 4.98 Å². The molecule has 1 aliphatic heterocycles. The molecule has 0 N–H and O–H groups in total. The molecule has 2 aromatic heterocycles. The van der Waals surface area contributed by atoms with Gasteiger partial charge in [-0.25, -0.2) is 0 Å². The summed E-state index contributed by atoms with van der Waals surface area (Å²) in [6.45, 7) is 1.20. The number of aromatic nitrogens is 3. The summed E-state index contributed by atoms with van der Waals surface area (Å²) in [7, 11) is 0. The molecule has 4 aromatic rings. The summed E-state index contributed by atoms with van der Waals surface area (Å²) in [5.74, 6) is 1.57. The molecule has 2 aromatic carbocycles. The lowest BCUT2D eigenvalue weighted by atomic mass is 10.2. The molecule has 0 radical (unpaired) electrons. The van der Waals surface area contributed by atoms with Crippen LogP contribution in [0.2, 0.25) is 0 Å². The monoisotopic (exact) mass is 412 g/mol. The average Bonchev–Trinajstić information content (AvgIpc) is 3.50. The van der Waals surface area contributed by atoms with Crippen molar-refractivity contribution in [2.24, 2.45) is 0 Å². The van der Waals surface area contributed by atoms with Gasteiger partial charge in [-0.15, -0.1) is 0 Å². The predicted octanol–water partition coefficient (Wildman–Crippen LogP) is 4.09. The highest BCUT2D eigenvalue weighted by Gasteiger charge is 2.29. The first-order valence-electron chi connectivity index (χ1n) is 10.1. The van der Waals surface area contributed by atoms with Gasteiger partial charge >= 0.3 is 0 Å². The molecule has 154 valence electrons. The van der Waals surface area contributed by atoms with Crippen LogP contribution >= 0.6 is 0 Å². The number of carbonyl (C=O) groups is 1. The Bertz CT molecular complexity index is 1180. The second kappa shape index (κ2) is 8.39. The van der Waals surface area contributed by atoms with Crippen molar-refractivity contribution in [3.8, 4) is 28.6 Å². The second-order valence-corrected chi connectivity index (χ2v) is 7.30. The first-order chi connectivity index (χ1) is 15.3. The van der Waals surface area contributed by atoms with Crippen LogP contribution in [0.25, 0.3) is 22.8 Å². The number of nitrogens with zero attached hydrogens (tertiary/aromatic N) is 4. The number of para-hydroxylation sites is 1. The minimum Gasteiger partial charge on any atom is -0.488 e. The van der Waals surface area contributed by atoms with Gasteiger partial charge in [0.1, 0.15) is 11.9 Å². The van der Waals surface area contributed by atoms with Crippen molar-refractivity contribution >= 4 is 5.91 Å². The molecule has 7 nitrogen and oxygen atoms in total. The Labute approximate surface area is 179 Å². The molecule has 0 aliphatic carbocycles. The normalized spacial score (nSPS) is 15.7. The third kappa shape index (κ3) is 4.02. The van der Waals surface area contributed by atoms with Crippen molar-refractivity contribution in [3.05, 3.63) is 84.7 Å². The largest absolute Gasteiger partial charge is 0.488 e. The van der Waals surface area contributed by atoms with E-state index in [1.54, 1.807) is 12.4 Å². The maximum atomic E-state index is 12.7. The van der Waals surface area contributed by atoms with E-state index >= 15 is 0 Å². The molecule has 7 heteroatoms. The summed E-state index contributed by atoms with van der Waals surface area (Å²) in [4.78, 5) is 23.1. The molecule has 1 unspecified atom stereocenters. The molecule has 1 fully saturated rings. The standard InChI is InChI=1S/C24H20N4O3/c29-24(18-6-2-1-3-7-18)28-15-12-19(16-28)30-21-9-5-4-8-20(21)23-26-22(27-31-23)17-10-13-25-14-11-17/h1-11,13-14,19H,12,15-16H2. The minimum atomic E-state index is -0.101. The molecule has 1 aliphatic rings. The summed E-state index contributed by atoms with van der Waals surface area (Å²) in [5.41, 5.74) is 2.25. The van der Waals surface area contributed by atoms with Crippen LogP contribution in [0.15, 0.2) is 83.6 Å². The Morgan fingerprint density at radius 3 is 2.61 bits per heavy atom. The van der Waals surface area contributed by atoms with Crippen LogP contribution in [-0.4, -0.2) is 45.1 Å². The Hall–Kier alpha value is -4.00. The Balaban J connectivity index is 1.32. The van der Waals surface area contributed by atoms with Gasteiger partial charge in [0.05, 0.1) is 12.1 Å². The molecular formula is C24H20N4O3. The van der Waals surface area contributed by atoms with Crippen LogP contribution in [0, 0.1) is 0 Å². The van der Waals surface area contributed by atoms with Crippen LogP contribution in [0.3, 0.4) is 0 Å². The molecule has 3 heterocycles. The first-order valence-corrected chi connectivity index (χ1v) is 10.1. The van der Waals surface area contributed by atoms with Gasteiger partial charge in [0.2, 0.25) is 5.82 Å². The number of likely N-dealkylation sites (tertiary alicyclic amines) is 1. The molecule has 5 rings (SSSR count). The van der Waals surface area contributed by atoms with E-state index in [1.165, 1.54) is 0 Å². The van der Waals surface area contributed by atoms with Gasteiger partial charge in [0.25, 0.3) is 11.8 Å². The number of rotatable bonds is 5. The maximum Gasteiger partial charge on any atom is 0.262 e. The summed E-state index contributed by atoms with van der Waals surface area (Å²) in [6, 6.07) is 20.6. The number of hydrogen-bond donors (Lipinski definition) is 0. The lowest BCUT2D eigenvalue weighted by Crippen LogP contribution is -2.30. The van der Waals surface area contributed by atoms with E-state index in [9.17, 15) is 4.79 Å². The smallest absolute Gasteiger partial charge is 0.262 e. The highest BCUT2D eigenvalue weighted by molar-refractivity contribution is 5.94. The molecule has 0 bridgehead atoms. The van der Waals surface area contributed by atoms with Crippen LogP contribution in [0.1, 0.15) is 16.8 Å². The van der Waals surface area contributed by atoms with Gasteiger partial charge in [-0.05, 0) is 36.4 Å². The van der Waals surface area contributed by atoms with E-state index in [0.717, 1.165) is 17.5 Å². The number of hydrogen-bond acceptors (Lipinski definition) is 6. The van der Waals surface area contributed by atoms with E-state index < -0.39 is 0 Å². The van der Waals surface area contributed by atoms with Crippen molar-refractivity contribution in [1.82, 2.24) is 20.0 Å². The van der Waals surface area contributed by atoms with Crippen molar-refractivity contribution in [2.75, 3.05) is 13.1 Å². The predicted molar refractivity (Wildman–Crippen MR) is 114 cm³/mol. The summed E-state index contributed by atoms with van der Waals surface area (Å²) < 4.78 is 11.8. The summed E-state index contributed by atoms with van der Waals surface area (Å²) in [6.07, 6.45) is 4.03. The molecule has 1 saturated heterocycles. The van der Waals surface area contributed by atoms with Gasteiger partial charge < -0.3 is 14.2 Å². The second-order valence-electron chi connectivity index (χ2n) is 7.30. The lowest BCUT2D eigenvalue weighted by molar-refractivity contribution is 0.0772. The Morgan fingerprint density at radius 2 is 1.77 bits per heavy atom. The van der Waals surface area contributed by atoms with Gasteiger partial charge in [0.15, 0.2) is 0 Å².